The second-order valence-corrected chi connectivity index (χ2v) is 4.97. The summed E-state index contributed by atoms with van der Waals surface area (Å²) >= 11 is 0. The van der Waals surface area contributed by atoms with Gasteiger partial charge in [0, 0.05) is 17.9 Å². The Kier molecular flexibility index (Phi) is 4.51. The summed E-state index contributed by atoms with van der Waals surface area (Å²) < 4.78 is 5.51. The average Bonchev–Trinajstić information content (AvgIpc) is 2.43. The molecule has 0 saturated heterocycles. The number of nitrogens with two attached hydrogens (primary N) is 1. The molecule has 2 aromatic rings. The zero-order valence-electron chi connectivity index (χ0n) is 12.4. The number of hydrogen-bond donors (Lipinski definition) is 2. The lowest BCUT2D eigenvalue weighted by molar-refractivity contribution is 0.340. The van der Waals surface area contributed by atoms with Crippen LogP contribution in [0.5, 0.6) is 5.75 Å². The van der Waals surface area contributed by atoms with Crippen molar-refractivity contribution >= 4 is 11.4 Å². The molecule has 0 fully saturated rings. The molecule has 0 unspecified atom stereocenters. The minimum Gasteiger partial charge on any atom is -0.494 e. The summed E-state index contributed by atoms with van der Waals surface area (Å²) in [6, 6.07) is 12.2. The van der Waals surface area contributed by atoms with Crippen LogP contribution in [0, 0.1) is 13.8 Å². The fraction of sp³-hybridized carbons (Fsp3) is 0.294. The highest BCUT2D eigenvalue weighted by Gasteiger charge is 2.04. The van der Waals surface area contributed by atoms with Crippen LogP contribution in [-0.2, 0) is 6.54 Å². The van der Waals surface area contributed by atoms with E-state index in [1.165, 1.54) is 11.1 Å². The van der Waals surface area contributed by atoms with Gasteiger partial charge in [0.15, 0.2) is 0 Å². The van der Waals surface area contributed by atoms with Crippen LogP contribution in [0.1, 0.15) is 23.6 Å². The summed E-state index contributed by atoms with van der Waals surface area (Å²) in [5.41, 5.74) is 11.5. The van der Waals surface area contributed by atoms with Crippen LogP contribution in [0.3, 0.4) is 0 Å². The highest BCUT2D eigenvalue weighted by atomic mass is 16.5. The molecule has 0 aliphatic heterocycles. The zero-order valence-corrected chi connectivity index (χ0v) is 12.4. The molecule has 0 radical (unpaired) electrons. The van der Waals surface area contributed by atoms with Crippen molar-refractivity contribution in [3.63, 3.8) is 0 Å². The molecule has 3 nitrogen and oxygen atoms in total. The number of nitrogens with one attached hydrogen (secondary N) is 1. The van der Waals surface area contributed by atoms with Crippen LogP contribution in [0.15, 0.2) is 36.4 Å². The van der Waals surface area contributed by atoms with Crippen molar-refractivity contribution in [3.05, 3.63) is 53.1 Å². The highest BCUT2D eigenvalue weighted by molar-refractivity contribution is 5.56. The van der Waals surface area contributed by atoms with Gasteiger partial charge in [-0.15, -0.1) is 0 Å². The molecule has 106 valence electrons. The topological polar surface area (TPSA) is 47.3 Å². The summed E-state index contributed by atoms with van der Waals surface area (Å²) in [5, 5.41) is 3.44. The Balaban J connectivity index is 2.13. The lowest BCUT2D eigenvalue weighted by atomic mass is 10.1. The van der Waals surface area contributed by atoms with E-state index in [1.807, 2.05) is 25.1 Å². The SMILES string of the molecule is CCOc1ccc(N)c(CNc2cc(C)ccc2C)c1. The van der Waals surface area contributed by atoms with Gasteiger partial charge in [0.2, 0.25) is 0 Å². The number of benzene rings is 2. The van der Waals surface area contributed by atoms with Crippen molar-refractivity contribution in [2.45, 2.75) is 27.3 Å². The molecule has 0 aromatic heterocycles. The van der Waals surface area contributed by atoms with Crippen LogP contribution in [-0.4, -0.2) is 6.61 Å². The van der Waals surface area contributed by atoms with Crippen molar-refractivity contribution in [1.29, 1.82) is 0 Å². The van der Waals surface area contributed by atoms with Gasteiger partial charge in [0.05, 0.1) is 6.61 Å². The largest absolute Gasteiger partial charge is 0.494 e. The van der Waals surface area contributed by atoms with Crippen LogP contribution >= 0.6 is 0 Å². The van der Waals surface area contributed by atoms with Crippen LogP contribution in [0.25, 0.3) is 0 Å². The molecular formula is C17H22N2O. The number of ether oxygens (including phenoxy) is 1. The number of hydrogen-bond acceptors (Lipinski definition) is 3. The molecule has 0 aliphatic carbocycles. The molecule has 0 atom stereocenters. The van der Waals surface area contributed by atoms with Gasteiger partial charge >= 0.3 is 0 Å². The van der Waals surface area contributed by atoms with E-state index in [9.17, 15) is 0 Å². The molecule has 3 heteroatoms. The van der Waals surface area contributed by atoms with E-state index in [0.29, 0.717) is 13.2 Å². The maximum Gasteiger partial charge on any atom is 0.119 e. The molecule has 0 heterocycles. The van der Waals surface area contributed by atoms with Crippen molar-refractivity contribution in [2.75, 3.05) is 17.7 Å². The van der Waals surface area contributed by atoms with E-state index in [-0.39, 0.29) is 0 Å². The third-order valence-electron chi connectivity index (χ3n) is 3.29. The Morgan fingerprint density at radius 1 is 1.10 bits per heavy atom. The van der Waals surface area contributed by atoms with Gasteiger partial charge in [-0.1, -0.05) is 12.1 Å². The lowest BCUT2D eigenvalue weighted by Gasteiger charge is -2.13. The monoisotopic (exact) mass is 270 g/mol. The number of rotatable bonds is 5. The number of aryl methyl sites for hydroxylation is 2. The standard InChI is InChI=1S/C17H22N2O/c1-4-20-15-7-8-16(18)14(10-15)11-19-17-9-12(2)5-6-13(17)3/h5-10,19H,4,11,18H2,1-3H3. The van der Waals surface area contributed by atoms with E-state index in [4.69, 9.17) is 10.5 Å². The average molecular weight is 270 g/mol. The number of nitrogen functional groups attached to an aromatic ring is 1. The molecule has 0 amide bonds. The first kappa shape index (κ1) is 14.3. The predicted octanol–water partition coefficient (Wildman–Crippen LogP) is 3.90. The van der Waals surface area contributed by atoms with Gasteiger partial charge in [0.1, 0.15) is 5.75 Å². The van der Waals surface area contributed by atoms with Crippen molar-refractivity contribution in [2.24, 2.45) is 0 Å². The Morgan fingerprint density at radius 2 is 1.90 bits per heavy atom. The second-order valence-electron chi connectivity index (χ2n) is 4.97. The fourth-order valence-corrected chi connectivity index (χ4v) is 2.11. The second kappa shape index (κ2) is 6.33. The number of anilines is 2. The minimum absolute atomic E-state index is 0.660. The summed E-state index contributed by atoms with van der Waals surface area (Å²) in [6.45, 7) is 7.52. The Hall–Kier alpha value is -2.16. The maximum atomic E-state index is 6.02. The summed E-state index contributed by atoms with van der Waals surface area (Å²) in [7, 11) is 0. The summed E-state index contributed by atoms with van der Waals surface area (Å²) in [5.74, 6) is 0.861. The van der Waals surface area contributed by atoms with E-state index in [0.717, 1.165) is 22.7 Å². The first-order valence-corrected chi connectivity index (χ1v) is 6.92. The smallest absolute Gasteiger partial charge is 0.119 e. The van der Waals surface area contributed by atoms with Gasteiger partial charge in [-0.05, 0) is 61.7 Å². The van der Waals surface area contributed by atoms with Crippen LogP contribution in [0.4, 0.5) is 11.4 Å². The van der Waals surface area contributed by atoms with E-state index in [1.54, 1.807) is 0 Å². The van der Waals surface area contributed by atoms with Gasteiger partial charge in [0.25, 0.3) is 0 Å². The first-order chi connectivity index (χ1) is 9.60. The summed E-state index contributed by atoms with van der Waals surface area (Å²) in [4.78, 5) is 0. The van der Waals surface area contributed by atoms with E-state index in [2.05, 4.69) is 37.4 Å². The molecule has 3 N–H and O–H groups in total. The molecule has 0 aliphatic rings. The van der Waals surface area contributed by atoms with Crippen LogP contribution < -0.4 is 15.8 Å². The maximum absolute atomic E-state index is 6.02. The van der Waals surface area contributed by atoms with Gasteiger partial charge in [-0.3, -0.25) is 0 Å². The van der Waals surface area contributed by atoms with Crippen molar-refractivity contribution < 1.29 is 4.74 Å². The third-order valence-corrected chi connectivity index (χ3v) is 3.29. The van der Waals surface area contributed by atoms with Crippen LogP contribution in [0.2, 0.25) is 0 Å². The molecule has 20 heavy (non-hydrogen) atoms. The normalized spacial score (nSPS) is 10.3. The Bertz CT molecular complexity index is 594. The molecular weight excluding hydrogens is 248 g/mol. The van der Waals surface area contributed by atoms with Gasteiger partial charge < -0.3 is 15.8 Å². The predicted molar refractivity (Wildman–Crippen MR) is 85.3 cm³/mol. The van der Waals surface area contributed by atoms with Crippen molar-refractivity contribution in [3.8, 4) is 5.75 Å². The quantitative estimate of drug-likeness (QED) is 0.810. The Labute approximate surface area is 120 Å². The van der Waals surface area contributed by atoms with Crippen molar-refractivity contribution in [1.82, 2.24) is 0 Å². The van der Waals surface area contributed by atoms with E-state index >= 15 is 0 Å². The molecule has 2 rings (SSSR count). The molecule has 0 spiro atoms. The van der Waals surface area contributed by atoms with Gasteiger partial charge in [-0.2, -0.15) is 0 Å². The molecule has 2 aromatic carbocycles. The minimum atomic E-state index is 0.660. The summed E-state index contributed by atoms with van der Waals surface area (Å²) in [6.07, 6.45) is 0. The highest BCUT2D eigenvalue weighted by Crippen LogP contribution is 2.22. The molecule has 0 saturated carbocycles. The Morgan fingerprint density at radius 3 is 2.65 bits per heavy atom. The zero-order chi connectivity index (χ0) is 14.5. The fourth-order valence-electron chi connectivity index (χ4n) is 2.11. The first-order valence-electron chi connectivity index (χ1n) is 6.92. The lowest BCUT2D eigenvalue weighted by Crippen LogP contribution is -2.05. The van der Waals surface area contributed by atoms with E-state index < -0.39 is 0 Å². The van der Waals surface area contributed by atoms with Gasteiger partial charge in [-0.25, -0.2) is 0 Å². The third kappa shape index (κ3) is 3.44. The molecule has 0 bridgehead atoms.